The molecule has 2 heterocycles. The summed E-state index contributed by atoms with van der Waals surface area (Å²) in [4.78, 5) is 17.3. The topological polar surface area (TPSA) is 53.0 Å². The van der Waals surface area contributed by atoms with Gasteiger partial charge in [0.05, 0.1) is 13.2 Å². The van der Waals surface area contributed by atoms with E-state index in [9.17, 15) is 9.90 Å². The number of aliphatic hydroxyl groups excluding tert-OH is 1. The number of hydrogen-bond acceptors (Lipinski definition) is 4. The molecule has 0 aliphatic carbocycles. The van der Waals surface area contributed by atoms with Crippen molar-refractivity contribution in [1.29, 1.82) is 0 Å². The van der Waals surface area contributed by atoms with Crippen LogP contribution in [0.25, 0.3) is 0 Å². The summed E-state index contributed by atoms with van der Waals surface area (Å²) in [6.07, 6.45) is 6.08. The summed E-state index contributed by atoms with van der Waals surface area (Å²) in [6.45, 7) is 7.70. The molecule has 1 amide bonds. The van der Waals surface area contributed by atoms with Crippen molar-refractivity contribution in [3.8, 4) is 0 Å². The molecule has 2 rings (SSSR count). The number of nitrogens with zero attached hydrogens (tertiary/aromatic N) is 2. The molecule has 0 unspecified atom stereocenters. The third-order valence-corrected chi connectivity index (χ3v) is 5.64. The molecule has 0 bridgehead atoms. The first kappa shape index (κ1) is 18.7. The molecule has 23 heavy (non-hydrogen) atoms. The lowest BCUT2D eigenvalue weighted by atomic mass is 9.76. The zero-order valence-corrected chi connectivity index (χ0v) is 14.9. The Morgan fingerprint density at radius 1 is 1.30 bits per heavy atom. The minimum Gasteiger partial charge on any atom is -0.396 e. The largest absolute Gasteiger partial charge is 0.396 e. The van der Waals surface area contributed by atoms with Crippen molar-refractivity contribution in [2.24, 2.45) is 11.3 Å². The van der Waals surface area contributed by atoms with Gasteiger partial charge in [0, 0.05) is 38.1 Å². The summed E-state index contributed by atoms with van der Waals surface area (Å²) >= 11 is 0. The molecule has 1 N–H and O–H groups in total. The second kappa shape index (κ2) is 9.00. The fourth-order valence-electron chi connectivity index (χ4n) is 4.22. The van der Waals surface area contributed by atoms with Crippen molar-refractivity contribution >= 4 is 5.91 Å². The van der Waals surface area contributed by atoms with E-state index in [0.717, 1.165) is 77.9 Å². The summed E-state index contributed by atoms with van der Waals surface area (Å²) in [7, 11) is 1.73. The van der Waals surface area contributed by atoms with Crippen LogP contribution in [0.3, 0.4) is 0 Å². The number of rotatable bonds is 7. The highest BCUT2D eigenvalue weighted by molar-refractivity contribution is 5.79. The molecule has 5 nitrogen and oxygen atoms in total. The van der Waals surface area contributed by atoms with E-state index in [4.69, 9.17) is 4.74 Å². The number of ether oxygens (including phenoxy) is 1. The standard InChI is InChI=1S/C18H34N2O3/c1-3-7-18(15-21)8-4-9-20(14-18)17(22)16-5-10-19(11-6-16)12-13-23-2/h16,21H,3-15H2,1-2H3/t18-/m0/s1. The SMILES string of the molecule is CCC[C@]1(CO)CCCN(C(=O)C2CCN(CCOC)CC2)C1. The molecule has 0 aromatic rings. The zero-order valence-electron chi connectivity index (χ0n) is 14.9. The van der Waals surface area contributed by atoms with Gasteiger partial charge in [0.2, 0.25) is 5.91 Å². The summed E-state index contributed by atoms with van der Waals surface area (Å²) < 4.78 is 5.13. The Labute approximate surface area is 141 Å². The molecule has 134 valence electrons. The van der Waals surface area contributed by atoms with Crippen molar-refractivity contribution in [2.75, 3.05) is 53.0 Å². The Morgan fingerprint density at radius 3 is 2.65 bits per heavy atom. The van der Waals surface area contributed by atoms with E-state index in [1.807, 2.05) is 4.90 Å². The first-order valence-electron chi connectivity index (χ1n) is 9.25. The second-order valence-corrected chi connectivity index (χ2v) is 7.38. The van der Waals surface area contributed by atoms with Gasteiger partial charge in [-0.1, -0.05) is 13.3 Å². The first-order valence-corrected chi connectivity index (χ1v) is 9.25. The quantitative estimate of drug-likeness (QED) is 0.774. The lowest BCUT2D eigenvalue weighted by molar-refractivity contribution is -0.141. The Morgan fingerprint density at radius 2 is 2.04 bits per heavy atom. The predicted molar refractivity (Wildman–Crippen MR) is 91.3 cm³/mol. The predicted octanol–water partition coefficient (Wildman–Crippen LogP) is 1.75. The highest BCUT2D eigenvalue weighted by Crippen LogP contribution is 2.35. The fourth-order valence-corrected chi connectivity index (χ4v) is 4.22. The van der Waals surface area contributed by atoms with Crippen molar-refractivity contribution in [3.05, 3.63) is 0 Å². The average molecular weight is 326 g/mol. The molecule has 0 spiro atoms. The minimum atomic E-state index is -0.0537. The van der Waals surface area contributed by atoms with Crippen LogP contribution < -0.4 is 0 Å². The van der Waals surface area contributed by atoms with Gasteiger partial charge in [0.25, 0.3) is 0 Å². The number of carbonyl (C=O) groups excluding carboxylic acids is 1. The molecule has 2 saturated heterocycles. The Kier molecular flexibility index (Phi) is 7.31. The molecule has 1 atom stereocenters. The van der Waals surface area contributed by atoms with E-state index in [0.29, 0.717) is 5.91 Å². The molecule has 2 aliphatic rings. The average Bonchev–Trinajstić information content (AvgIpc) is 2.60. The maximum atomic E-state index is 12.9. The summed E-state index contributed by atoms with van der Waals surface area (Å²) in [6, 6.07) is 0. The zero-order chi connectivity index (χ0) is 16.7. The van der Waals surface area contributed by atoms with Crippen LogP contribution in [0.4, 0.5) is 0 Å². The summed E-state index contributed by atoms with van der Waals surface area (Å²) in [5.74, 6) is 0.495. The van der Waals surface area contributed by atoms with Gasteiger partial charge in [0.1, 0.15) is 0 Å². The molecule has 0 aromatic carbocycles. The molecule has 2 aliphatic heterocycles. The van der Waals surface area contributed by atoms with Crippen LogP contribution in [-0.2, 0) is 9.53 Å². The van der Waals surface area contributed by atoms with Gasteiger partial charge in [-0.2, -0.15) is 0 Å². The van der Waals surface area contributed by atoms with Crippen molar-refractivity contribution in [2.45, 2.75) is 45.4 Å². The molecular formula is C18H34N2O3. The van der Waals surface area contributed by atoms with Gasteiger partial charge in [-0.25, -0.2) is 0 Å². The second-order valence-electron chi connectivity index (χ2n) is 7.38. The number of hydrogen-bond donors (Lipinski definition) is 1. The van der Waals surface area contributed by atoms with Crippen LogP contribution >= 0.6 is 0 Å². The molecule has 5 heteroatoms. The number of carbonyl (C=O) groups is 1. The maximum Gasteiger partial charge on any atom is 0.225 e. The van der Waals surface area contributed by atoms with Gasteiger partial charge in [-0.15, -0.1) is 0 Å². The van der Waals surface area contributed by atoms with Gasteiger partial charge in [0.15, 0.2) is 0 Å². The molecule has 0 aromatic heterocycles. The van der Waals surface area contributed by atoms with Gasteiger partial charge in [-0.3, -0.25) is 4.79 Å². The van der Waals surface area contributed by atoms with Crippen LogP contribution in [0.2, 0.25) is 0 Å². The third-order valence-electron chi connectivity index (χ3n) is 5.64. The van der Waals surface area contributed by atoms with Gasteiger partial charge < -0.3 is 19.6 Å². The van der Waals surface area contributed by atoms with Crippen LogP contribution in [0.1, 0.15) is 45.4 Å². The van der Waals surface area contributed by atoms with Crippen molar-refractivity contribution < 1.29 is 14.6 Å². The van der Waals surface area contributed by atoms with Crippen LogP contribution in [-0.4, -0.2) is 73.9 Å². The van der Waals surface area contributed by atoms with Gasteiger partial charge in [-0.05, 0) is 45.2 Å². The van der Waals surface area contributed by atoms with Crippen molar-refractivity contribution in [1.82, 2.24) is 9.80 Å². The lowest BCUT2D eigenvalue weighted by Crippen LogP contribution is -2.51. The van der Waals surface area contributed by atoms with Crippen LogP contribution in [0.5, 0.6) is 0 Å². The highest BCUT2D eigenvalue weighted by Gasteiger charge is 2.38. The Bertz CT molecular complexity index is 365. The lowest BCUT2D eigenvalue weighted by Gasteiger charge is -2.43. The highest BCUT2D eigenvalue weighted by atomic mass is 16.5. The van der Waals surface area contributed by atoms with E-state index in [1.54, 1.807) is 7.11 Å². The smallest absolute Gasteiger partial charge is 0.225 e. The number of amides is 1. The normalized spacial score (nSPS) is 27.3. The molecular weight excluding hydrogens is 292 g/mol. The van der Waals surface area contributed by atoms with Gasteiger partial charge >= 0.3 is 0 Å². The number of piperidine rings is 2. The third kappa shape index (κ3) is 4.91. The first-order chi connectivity index (χ1) is 11.1. The van der Waals surface area contributed by atoms with Crippen LogP contribution in [0, 0.1) is 11.3 Å². The Hall–Kier alpha value is -0.650. The Balaban J connectivity index is 1.85. The van der Waals surface area contributed by atoms with E-state index in [1.165, 1.54) is 0 Å². The van der Waals surface area contributed by atoms with Crippen molar-refractivity contribution in [3.63, 3.8) is 0 Å². The monoisotopic (exact) mass is 326 g/mol. The van der Waals surface area contributed by atoms with Crippen LogP contribution in [0.15, 0.2) is 0 Å². The summed E-state index contributed by atoms with van der Waals surface area (Å²) in [5.41, 5.74) is -0.0537. The van der Waals surface area contributed by atoms with E-state index in [-0.39, 0.29) is 17.9 Å². The number of methoxy groups -OCH3 is 1. The summed E-state index contributed by atoms with van der Waals surface area (Å²) in [5, 5.41) is 9.84. The number of aliphatic hydroxyl groups is 1. The molecule has 0 saturated carbocycles. The van der Waals surface area contributed by atoms with E-state index >= 15 is 0 Å². The van der Waals surface area contributed by atoms with E-state index in [2.05, 4.69) is 11.8 Å². The number of likely N-dealkylation sites (tertiary alicyclic amines) is 2. The molecule has 0 radical (unpaired) electrons. The van der Waals surface area contributed by atoms with E-state index < -0.39 is 0 Å². The molecule has 2 fully saturated rings. The minimum absolute atomic E-state index is 0.0537. The fraction of sp³-hybridized carbons (Fsp3) is 0.944. The maximum absolute atomic E-state index is 12.9.